The van der Waals surface area contributed by atoms with Crippen molar-refractivity contribution in [3.8, 4) is 0 Å². The molecule has 1 aromatic carbocycles. The van der Waals surface area contributed by atoms with E-state index in [1.54, 1.807) is 0 Å². The van der Waals surface area contributed by atoms with Crippen LogP contribution < -0.4 is 16.2 Å². The van der Waals surface area contributed by atoms with Crippen LogP contribution in [0.1, 0.15) is 17.3 Å². The molecule has 1 amide bonds. The molecule has 0 aliphatic rings. The van der Waals surface area contributed by atoms with Crippen molar-refractivity contribution in [3.63, 3.8) is 0 Å². The Bertz CT molecular complexity index is 559. The van der Waals surface area contributed by atoms with Gasteiger partial charge in [-0.15, -0.1) is 0 Å². The fraction of sp³-hybridized carbons (Fsp3) is 0.167. The molecule has 0 aliphatic carbocycles. The van der Waals surface area contributed by atoms with Gasteiger partial charge in [0.25, 0.3) is 11.6 Å². The van der Waals surface area contributed by atoms with Gasteiger partial charge < -0.3 is 5.32 Å². The summed E-state index contributed by atoms with van der Waals surface area (Å²) >= 11 is 4.92. The zero-order chi connectivity index (χ0) is 15.1. The predicted molar refractivity (Wildman–Crippen MR) is 79.1 cm³/mol. The zero-order valence-corrected chi connectivity index (χ0v) is 11.6. The minimum Gasteiger partial charge on any atom is -0.358 e. The number of carbonyl (C=O) groups is 1. The first kappa shape index (κ1) is 15.6. The van der Waals surface area contributed by atoms with Crippen LogP contribution in [0, 0.1) is 10.1 Å². The second-order valence-electron chi connectivity index (χ2n) is 4.03. The van der Waals surface area contributed by atoms with Gasteiger partial charge in [-0.2, -0.15) is 0 Å². The number of non-ortho nitro benzene ring substituents is 1. The van der Waals surface area contributed by atoms with Gasteiger partial charge in [-0.05, 0) is 25.2 Å². The molecule has 3 N–H and O–H groups in total. The molecule has 7 nitrogen and oxygen atoms in total. The third-order valence-electron chi connectivity index (χ3n) is 2.16. The van der Waals surface area contributed by atoms with Crippen LogP contribution in [0.25, 0.3) is 0 Å². The molecule has 8 heteroatoms. The molecule has 1 rings (SSSR count). The Kier molecular flexibility index (Phi) is 5.60. The Labute approximate surface area is 121 Å². The molecule has 0 saturated carbocycles. The van der Waals surface area contributed by atoms with E-state index >= 15 is 0 Å². The third kappa shape index (κ3) is 5.02. The Morgan fingerprint density at radius 3 is 2.75 bits per heavy atom. The SMILES string of the molecule is C=C(C)CNC(=S)NNC(=O)c1cccc([N+](=O)[O-])c1. The lowest BCUT2D eigenvalue weighted by molar-refractivity contribution is -0.384. The molecule has 0 saturated heterocycles. The molecule has 0 unspecified atom stereocenters. The number of nitro groups is 1. The summed E-state index contributed by atoms with van der Waals surface area (Å²) in [5, 5.41) is 13.7. The maximum absolute atomic E-state index is 11.8. The number of rotatable bonds is 4. The Morgan fingerprint density at radius 1 is 1.45 bits per heavy atom. The monoisotopic (exact) mass is 294 g/mol. The Hall–Kier alpha value is -2.48. The lowest BCUT2D eigenvalue weighted by Gasteiger charge is -2.11. The van der Waals surface area contributed by atoms with Gasteiger partial charge >= 0.3 is 0 Å². The van der Waals surface area contributed by atoms with Crippen molar-refractivity contribution < 1.29 is 9.72 Å². The second-order valence-corrected chi connectivity index (χ2v) is 4.43. The minimum atomic E-state index is -0.566. The fourth-order valence-electron chi connectivity index (χ4n) is 1.22. The number of benzene rings is 1. The first-order valence-corrected chi connectivity index (χ1v) is 6.04. The summed E-state index contributed by atoms with van der Waals surface area (Å²) in [5.41, 5.74) is 5.74. The highest BCUT2D eigenvalue weighted by Gasteiger charge is 2.11. The van der Waals surface area contributed by atoms with Crippen LogP contribution in [0.5, 0.6) is 0 Å². The zero-order valence-electron chi connectivity index (χ0n) is 10.8. The van der Waals surface area contributed by atoms with Gasteiger partial charge in [0, 0.05) is 24.2 Å². The van der Waals surface area contributed by atoms with Crippen LogP contribution in [0.15, 0.2) is 36.4 Å². The van der Waals surface area contributed by atoms with Crippen LogP contribution in [0.4, 0.5) is 5.69 Å². The number of nitrogens with one attached hydrogen (secondary N) is 3. The number of hydrazine groups is 1. The predicted octanol–water partition coefficient (Wildman–Crippen LogP) is 1.28. The molecule has 1 aromatic rings. The second kappa shape index (κ2) is 7.19. The lowest BCUT2D eigenvalue weighted by atomic mass is 10.2. The molecule has 106 valence electrons. The molecule has 0 spiro atoms. The molecule has 0 aromatic heterocycles. The standard InChI is InChI=1S/C12H14N4O3S/c1-8(2)7-13-12(20)15-14-11(17)9-4-3-5-10(6-9)16(18)19/h3-6H,1,7H2,2H3,(H,14,17)(H2,13,15,20). The van der Waals surface area contributed by atoms with E-state index in [9.17, 15) is 14.9 Å². The molecule has 0 radical (unpaired) electrons. The van der Waals surface area contributed by atoms with E-state index in [1.165, 1.54) is 24.3 Å². The molecular formula is C12H14N4O3S. The maximum atomic E-state index is 11.8. The van der Waals surface area contributed by atoms with Crippen LogP contribution in [0.2, 0.25) is 0 Å². The van der Waals surface area contributed by atoms with Crippen molar-refractivity contribution in [1.82, 2.24) is 16.2 Å². The van der Waals surface area contributed by atoms with Crippen molar-refractivity contribution in [1.29, 1.82) is 0 Å². The first-order chi connectivity index (χ1) is 9.40. The van der Waals surface area contributed by atoms with Crippen molar-refractivity contribution in [2.45, 2.75) is 6.92 Å². The van der Waals surface area contributed by atoms with Gasteiger partial charge in [-0.3, -0.25) is 25.8 Å². The van der Waals surface area contributed by atoms with E-state index < -0.39 is 10.8 Å². The van der Waals surface area contributed by atoms with Crippen LogP contribution in [-0.2, 0) is 0 Å². The molecule has 0 heterocycles. The van der Waals surface area contributed by atoms with E-state index in [2.05, 4.69) is 22.7 Å². The number of amides is 1. The van der Waals surface area contributed by atoms with E-state index in [0.29, 0.717) is 6.54 Å². The summed E-state index contributed by atoms with van der Waals surface area (Å²) in [6.45, 7) is 6.01. The summed E-state index contributed by atoms with van der Waals surface area (Å²) in [4.78, 5) is 21.8. The van der Waals surface area contributed by atoms with E-state index in [0.717, 1.165) is 5.57 Å². The van der Waals surface area contributed by atoms with Gasteiger partial charge in [-0.25, -0.2) is 0 Å². The van der Waals surface area contributed by atoms with Gasteiger partial charge in [0.15, 0.2) is 5.11 Å². The third-order valence-corrected chi connectivity index (χ3v) is 2.41. The molecule has 20 heavy (non-hydrogen) atoms. The molecule has 0 fully saturated rings. The summed E-state index contributed by atoms with van der Waals surface area (Å²) in [6.07, 6.45) is 0. The smallest absolute Gasteiger partial charge is 0.270 e. The van der Waals surface area contributed by atoms with Crippen molar-refractivity contribution >= 4 is 28.9 Å². The van der Waals surface area contributed by atoms with Crippen molar-refractivity contribution in [2.75, 3.05) is 6.54 Å². The number of carbonyl (C=O) groups excluding carboxylic acids is 1. The number of hydrogen-bond donors (Lipinski definition) is 3. The average molecular weight is 294 g/mol. The molecular weight excluding hydrogens is 280 g/mol. The minimum absolute atomic E-state index is 0.152. The fourth-order valence-corrected chi connectivity index (χ4v) is 1.34. The maximum Gasteiger partial charge on any atom is 0.270 e. The highest BCUT2D eigenvalue weighted by atomic mass is 32.1. The quantitative estimate of drug-likeness (QED) is 0.335. The van der Waals surface area contributed by atoms with Gasteiger partial charge in [0.1, 0.15) is 0 Å². The summed E-state index contributed by atoms with van der Waals surface area (Å²) < 4.78 is 0. The topological polar surface area (TPSA) is 96.3 Å². The Balaban J connectivity index is 2.54. The van der Waals surface area contributed by atoms with E-state index in [-0.39, 0.29) is 16.4 Å². The van der Waals surface area contributed by atoms with Crippen LogP contribution in [0.3, 0.4) is 0 Å². The van der Waals surface area contributed by atoms with Gasteiger partial charge in [-0.1, -0.05) is 18.2 Å². The summed E-state index contributed by atoms with van der Waals surface area (Å²) in [5.74, 6) is -0.520. The van der Waals surface area contributed by atoms with Crippen LogP contribution in [-0.4, -0.2) is 22.5 Å². The van der Waals surface area contributed by atoms with Crippen molar-refractivity contribution in [3.05, 3.63) is 52.1 Å². The normalized spacial score (nSPS) is 9.45. The van der Waals surface area contributed by atoms with Gasteiger partial charge in [0.2, 0.25) is 0 Å². The first-order valence-electron chi connectivity index (χ1n) is 5.63. The lowest BCUT2D eigenvalue weighted by Crippen LogP contribution is -2.47. The van der Waals surface area contributed by atoms with Crippen molar-refractivity contribution in [2.24, 2.45) is 0 Å². The van der Waals surface area contributed by atoms with Gasteiger partial charge in [0.05, 0.1) is 4.92 Å². The number of hydrogen-bond acceptors (Lipinski definition) is 4. The largest absolute Gasteiger partial charge is 0.358 e. The van der Waals surface area contributed by atoms with E-state index in [1.807, 2.05) is 6.92 Å². The molecule has 0 aliphatic heterocycles. The summed E-state index contributed by atoms with van der Waals surface area (Å²) in [7, 11) is 0. The van der Waals surface area contributed by atoms with E-state index in [4.69, 9.17) is 12.2 Å². The average Bonchev–Trinajstić information content (AvgIpc) is 2.42. The van der Waals surface area contributed by atoms with Crippen LogP contribution >= 0.6 is 12.2 Å². The highest BCUT2D eigenvalue weighted by Crippen LogP contribution is 2.12. The highest BCUT2D eigenvalue weighted by molar-refractivity contribution is 7.80. The Morgan fingerprint density at radius 2 is 2.15 bits per heavy atom. The molecule has 0 atom stereocenters. The molecule has 0 bridgehead atoms. The number of nitrogens with zero attached hydrogens (tertiary/aromatic N) is 1. The summed E-state index contributed by atoms with van der Waals surface area (Å²) in [6, 6.07) is 5.39. The number of thiocarbonyl (C=S) groups is 1. The number of nitro benzene ring substituents is 1.